The SMILES string of the molecule is COc1cc(C(=O)O)cc(Cl)c1OCc1c(Cl)cccc1Cl. The molecule has 0 saturated carbocycles. The number of carboxylic acids is 1. The highest BCUT2D eigenvalue weighted by Crippen LogP contribution is 2.37. The second-order valence-corrected chi connectivity index (χ2v) is 5.51. The van der Waals surface area contributed by atoms with Crippen molar-refractivity contribution in [3.8, 4) is 11.5 Å². The molecule has 2 rings (SSSR count). The van der Waals surface area contributed by atoms with E-state index in [0.29, 0.717) is 15.6 Å². The summed E-state index contributed by atoms with van der Waals surface area (Å²) < 4.78 is 10.7. The molecule has 0 aliphatic heterocycles. The van der Waals surface area contributed by atoms with Crippen LogP contribution in [0.5, 0.6) is 11.5 Å². The van der Waals surface area contributed by atoms with E-state index in [-0.39, 0.29) is 28.7 Å². The number of methoxy groups -OCH3 is 1. The van der Waals surface area contributed by atoms with E-state index in [4.69, 9.17) is 49.4 Å². The number of benzene rings is 2. The summed E-state index contributed by atoms with van der Waals surface area (Å²) in [5.74, 6) is -0.667. The van der Waals surface area contributed by atoms with E-state index in [1.165, 1.54) is 19.2 Å². The summed E-state index contributed by atoms with van der Waals surface area (Å²) in [6, 6.07) is 7.73. The second kappa shape index (κ2) is 7.09. The maximum absolute atomic E-state index is 11.0. The molecule has 0 aromatic heterocycles. The van der Waals surface area contributed by atoms with Crippen LogP contribution in [0, 0.1) is 0 Å². The fourth-order valence-electron chi connectivity index (χ4n) is 1.80. The van der Waals surface area contributed by atoms with Gasteiger partial charge in [0.05, 0.1) is 17.7 Å². The fraction of sp³-hybridized carbons (Fsp3) is 0.133. The van der Waals surface area contributed by atoms with E-state index in [9.17, 15) is 4.79 Å². The van der Waals surface area contributed by atoms with E-state index in [1.54, 1.807) is 18.2 Å². The summed E-state index contributed by atoms with van der Waals surface area (Å²) in [5, 5.41) is 10.1. The van der Waals surface area contributed by atoms with Crippen molar-refractivity contribution < 1.29 is 19.4 Å². The Morgan fingerprint density at radius 2 is 1.77 bits per heavy atom. The third-order valence-corrected chi connectivity index (χ3v) is 3.89. The molecular weight excluding hydrogens is 351 g/mol. The van der Waals surface area contributed by atoms with Crippen LogP contribution in [-0.4, -0.2) is 18.2 Å². The van der Waals surface area contributed by atoms with Crippen LogP contribution in [0.15, 0.2) is 30.3 Å². The Kier molecular flexibility index (Phi) is 5.40. The smallest absolute Gasteiger partial charge is 0.335 e. The molecule has 0 atom stereocenters. The monoisotopic (exact) mass is 360 g/mol. The van der Waals surface area contributed by atoms with Crippen LogP contribution in [0.1, 0.15) is 15.9 Å². The lowest BCUT2D eigenvalue weighted by atomic mass is 10.2. The Bertz CT molecular complexity index is 696. The van der Waals surface area contributed by atoms with Crippen LogP contribution in [0.25, 0.3) is 0 Å². The normalized spacial score (nSPS) is 10.4. The number of halogens is 3. The van der Waals surface area contributed by atoms with Gasteiger partial charge in [-0.05, 0) is 24.3 Å². The molecule has 2 aromatic carbocycles. The molecule has 4 nitrogen and oxygen atoms in total. The zero-order valence-electron chi connectivity index (χ0n) is 11.4. The van der Waals surface area contributed by atoms with Crippen LogP contribution < -0.4 is 9.47 Å². The van der Waals surface area contributed by atoms with Crippen molar-refractivity contribution in [1.29, 1.82) is 0 Å². The van der Waals surface area contributed by atoms with Crippen molar-refractivity contribution in [2.24, 2.45) is 0 Å². The standard InChI is InChI=1S/C15H11Cl3O4/c1-21-13-6-8(15(19)20)5-12(18)14(13)22-7-9-10(16)3-2-4-11(9)17/h2-6H,7H2,1H3,(H,19,20). The number of hydrogen-bond acceptors (Lipinski definition) is 3. The van der Waals surface area contributed by atoms with Gasteiger partial charge in [0.1, 0.15) is 6.61 Å². The highest BCUT2D eigenvalue weighted by atomic mass is 35.5. The highest BCUT2D eigenvalue weighted by molar-refractivity contribution is 6.36. The number of hydrogen-bond donors (Lipinski definition) is 1. The lowest BCUT2D eigenvalue weighted by molar-refractivity contribution is 0.0696. The van der Waals surface area contributed by atoms with Crippen molar-refractivity contribution in [2.75, 3.05) is 7.11 Å². The molecule has 2 aromatic rings. The molecular formula is C15H11Cl3O4. The van der Waals surface area contributed by atoms with Gasteiger partial charge in [-0.3, -0.25) is 0 Å². The average Bonchev–Trinajstić information content (AvgIpc) is 2.47. The minimum atomic E-state index is -1.11. The summed E-state index contributed by atoms with van der Waals surface area (Å²) >= 11 is 18.2. The first-order valence-corrected chi connectivity index (χ1v) is 7.24. The Balaban J connectivity index is 2.32. The van der Waals surface area contributed by atoms with Gasteiger partial charge >= 0.3 is 5.97 Å². The summed E-state index contributed by atoms with van der Waals surface area (Å²) in [4.78, 5) is 11.0. The van der Waals surface area contributed by atoms with E-state index < -0.39 is 5.97 Å². The highest BCUT2D eigenvalue weighted by Gasteiger charge is 2.16. The van der Waals surface area contributed by atoms with Gasteiger partial charge in [0.2, 0.25) is 0 Å². The molecule has 22 heavy (non-hydrogen) atoms. The molecule has 0 aliphatic carbocycles. The Morgan fingerprint density at radius 3 is 2.32 bits per heavy atom. The Labute approximate surface area is 142 Å². The predicted molar refractivity (Wildman–Crippen MR) is 85.8 cm³/mol. The van der Waals surface area contributed by atoms with Crippen molar-refractivity contribution in [3.63, 3.8) is 0 Å². The molecule has 1 N–H and O–H groups in total. The zero-order valence-corrected chi connectivity index (χ0v) is 13.7. The van der Waals surface area contributed by atoms with Crippen LogP contribution in [0.2, 0.25) is 15.1 Å². The van der Waals surface area contributed by atoms with E-state index >= 15 is 0 Å². The first kappa shape index (κ1) is 16.7. The molecule has 0 fully saturated rings. The lowest BCUT2D eigenvalue weighted by Gasteiger charge is -2.14. The topological polar surface area (TPSA) is 55.8 Å². The number of ether oxygens (including phenoxy) is 2. The largest absolute Gasteiger partial charge is 0.493 e. The van der Waals surface area contributed by atoms with Gasteiger partial charge in [-0.15, -0.1) is 0 Å². The first-order valence-electron chi connectivity index (χ1n) is 6.10. The Morgan fingerprint density at radius 1 is 1.14 bits per heavy atom. The van der Waals surface area contributed by atoms with Gasteiger partial charge in [-0.1, -0.05) is 40.9 Å². The molecule has 7 heteroatoms. The van der Waals surface area contributed by atoms with Crippen LogP contribution in [0.3, 0.4) is 0 Å². The number of aromatic carboxylic acids is 1. The first-order chi connectivity index (χ1) is 10.4. The van der Waals surface area contributed by atoms with Gasteiger partial charge in [0.25, 0.3) is 0 Å². The van der Waals surface area contributed by atoms with Gasteiger partial charge in [-0.2, -0.15) is 0 Å². The van der Waals surface area contributed by atoms with Crippen molar-refractivity contribution in [1.82, 2.24) is 0 Å². The third kappa shape index (κ3) is 3.58. The molecule has 0 radical (unpaired) electrons. The number of rotatable bonds is 5. The maximum Gasteiger partial charge on any atom is 0.335 e. The van der Waals surface area contributed by atoms with Gasteiger partial charge in [0.15, 0.2) is 11.5 Å². The lowest BCUT2D eigenvalue weighted by Crippen LogP contribution is -2.03. The van der Waals surface area contributed by atoms with E-state index in [0.717, 1.165) is 0 Å². The van der Waals surface area contributed by atoms with Crippen molar-refractivity contribution in [2.45, 2.75) is 6.61 Å². The van der Waals surface area contributed by atoms with Gasteiger partial charge < -0.3 is 14.6 Å². The van der Waals surface area contributed by atoms with Crippen LogP contribution >= 0.6 is 34.8 Å². The molecule has 0 amide bonds. The van der Waals surface area contributed by atoms with E-state index in [1.807, 2.05) is 0 Å². The predicted octanol–water partition coefficient (Wildman–Crippen LogP) is 4.93. The number of carboxylic acid groups (broad SMARTS) is 1. The molecule has 0 spiro atoms. The van der Waals surface area contributed by atoms with Crippen LogP contribution in [-0.2, 0) is 6.61 Å². The molecule has 0 bridgehead atoms. The van der Waals surface area contributed by atoms with Crippen molar-refractivity contribution >= 4 is 40.8 Å². The maximum atomic E-state index is 11.0. The fourth-order valence-corrected chi connectivity index (χ4v) is 2.57. The summed E-state index contributed by atoms with van der Waals surface area (Å²) in [6.07, 6.45) is 0. The minimum absolute atomic E-state index is 0.00461. The average molecular weight is 362 g/mol. The summed E-state index contributed by atoms with van der Waals surface area (Å²) in [6.45, 7) is 0.0704. The van der Waals surface area contributed by atoms with Gasteiger partial charge in [0, 0.05) is 15.6 Å². The molecule has 0 saturated heterocycles. The zero-order chi connectivity index (χ0) is 16.3. The van der Waals surface area contributed by atoms with E-state index in [2.05, 4.69) is 0 Å². The molecule has 116 valence electrons. The van der Waals surface area contributed by atoms with Crippen molar-refractivity contribution in [3.05, 3.63) is 56.5 Å². The minimum Gasteiger partial charge on any atom is -0.493 e. The molecule has 0 unspecified atom stereocenters. The summed E-state index contributed by atoms with van der Waals surface area (Å²) in [5.41, 5.74) is 0.608. The second-order valence-electron chi connectivity index (χ2n) is 4.28. The summed E-state index contributed by atoms with van der Waals surface area (Å²) in [7, 11) is 1.40. The van der Waals surface area contributed by atoms with Crippen LogP contribution in [0.4, 0.5) is 0 Å². The molecule has 0 aliphatic rings. The van der Waals surface area contributed by atoms with Gasteiger partial charge in [-0.25, -0.2) is 4.79 Å². The Hall–Kier alpha value is -1.62. The molecule has 0 heterocycles. The number of carbonyl (C=O) groups is 1. The quantitative estimate of drug-likeness (QED) is 0.820. The third-order valence-electron chi connectivity index (χ3n) is 2.90.